The lowest BCUT2D eigenvalue weighted by molar-refractivity contribution is -0.159. The van der Waals surface area contributed by atoms with E-state index in [1.807, 2.05) is 12.1 Å². The molecule has 0 aliphatic heterocycles. The van der Waals surface area contributed by atoms with E-state index < -0.39 is 12.2 Å². The number of carbonyl (C=O) groups is 1. The fraction of sp³-hybridized carbons (Fsp3) is 0.575. The first-order valence-corrected chi connectivity index (χ1v) is 17.2. The fourth-order valence-corrected chi connectivity index (χ4v) is 10.8. The summed E-state index contributed by atoms with van der Waals surface area (Å²) in [4.78, 5) is 11.5. The number of phenols is 2. The Kier molecular flexibility index (Phi) is 8.69. The van der Waals surface area contributed by atoms with E-state index in [0.29, 0.717) is 30.8 Å². The van der Waals surface area contributed by atoms with Crippen LogP contribution >= 0.6 is 0 Å². The van der Waals surface area contributed by atoms with Gasteiger partial charge in [0.1, 0.15) is 17.6 Å². The maximum Gasteiger partial charge on any atom is 0.303 e. The minimum Gasteiger partial charge on any atom is -0.512 e. The van der Waals surface area contributed by atoms with Crippen molar-refractivity contribution >= 4 is 5.97 Å². The Hall–Kier alpha value is -3.49. The smallest absolute Gasteiger partial charge is 0.303 e. The first-order valence-electron chi connectivity index (χ1n) is 17.2. The van der Waals surface area contributed by atoms with E-state index in [4.69, 9.17) is 4.74 Å². The number of aromatic hydroxyl groups is 2. The molecule has 0 heterocycles. The molecule has 8 rings (SSSR count). The van der Waals surface area contributed by atoms with Gasteiger partial charge in [-0.25, -0.2) is 0 Å². The molecule has 10 atom stereocenters. The van der Waals surface area contributed by atoms with Crippen LogP contribution in [0.2, 0.25) is 0 Å². The molecule has 8 heteroatoms. The molecule has 2 aromatic rings. The third kappa shape index (κ3) is 5.22. The second kappa shape index (κ2) is 12.1. The minimum atomic E-state index is -0.709. The SMILES string of the molecule is C.CC(=O)O[C@H]1[C@H](O)CC2C3=C(O)Cc4cc(O)ccc4C3CC[C@@]21C.C[C@@H]1CC2C3=C(O)Cc4cc(O)ccc4C3CC[C@]2(C)[C@H]1O. The van der Waals surface area contributed by atoms with Gasteiger partial charge in [0, 0.05) is 42.4 Å². The van der Waals surface area contributed by atoms with Gasteiger partial charge < -0.3 is 35.4 Å². The Morgan fingerprint density at radius 1 is 0.771 bits per heavy atom. The Labute approximate surface area is 283 Å². The minimum absolute atomic E-state index is 0. The van der Waals surface area contributed by atoms with Crippen molar-refractivity contribution in [3.05, 3.63) is 81.3 Å². The molecule has 0 bridgehead atoms. The van der Waals surface area contributed by atoms with Crippen molar-refractivity contribution in [1.29, 1.82) is 0 Å². The predicted octanol–water partition coefficient (Wildman–Crippen LogP) is 7.25. The highest BCUT2D eigenvalue weighted by atomic mass is 16.6. The summed E-state index contributed by atoms with van der Waals surface area (Å²) in [7, 11) is 0. The molecule has 0 aromatic heterocycles. The van der Waals surface area contributed by atoms with Crippen LogP contribution in [-0.4, -0.2) is 54.9 Å². The van der Waals surface area contributed by atoms with E-state index in [1.165, 1.54) is 12.5 Å². The first kappa shape index (κ1) is 34.4. The van der Waals surface area contributed by atoms with Gasteiger partial charge in [0.15, 0.2) is 0 Å². The maximum atomic E-state index is 11.5. The average Bonchev–Trinajstić information content (AvgIpc) is 3.39. The number of carbonyl (C=O) groups excluding carboxylic acids is 1. The molecule has 8 nitrogen and oxygen atoms in total. The summed E-state index contributed by atoms with van der Waals surface area (Å²) in [6.07, 6.45) is 4.45. The number of hydrogen-bond acceptors (Lipinski definition) is 8. The van der Waals surface area contributed by atoms with E-state index >= 15 is 0 Å². The Morgan fingerprint density at radius 2 is 1.25 bits per heavy atom. The molecule has 0 amide bonds. The van der Waals surface area contributed by atoms with Gasteiger partial charge in [-0.1, -0.05) is 40.3 Å². The zero-order chi connectivity index (χ0) is 33.6. The number of aliphatic hydroxyl groups is 4. The van der Waals surface area contributed by atoms with Crippen LogP contribution in [0.1, 0.15) is 108 Å². The largest absolute Gasteiger partial charge is 0.512 e. The lowest BCUT2D eigenvalue weighted by Gasteiger charge is -2.46. The molecule has 260 valence electrons. The van der Waals surface area contributed by atoms with E-state index in [1.54, 1.807) is 24.3 Å². The molecule has 0 radical (unpaired) electrons. The molecule has 0 saturated heterocycles. The lowest BCUT2D eigenvalue weighted by atomic mass is 9.59. The Morgan fingerprint density at radius 3 is 1.75 bits per heavy atom. The lowest BCUT2D eigenvalue weighted by Crippen LogP contribution is -2.44. The molecule has 6 aliphatic rings. The van der Waals surface area contributed by atoms with Crippen molar-refractivity contribution < 1.29 is 40.2 Å². The van der Waals surface area contributed by atoms with E-state index in [-0.39, 0.29) is 71.4 Å². The van der Waals surface area contributed by atoms with Gasteiger partial charge in [0.2, 0.25) is 0 Å². The summed E-state index contributed by atoms with van der Waals surface area (Å²) >= 11 is 0. The molecule has 2 aromatic carbocycles. The zero-order valence-corrected chi connectivity index (χ0v) is 27.7. The summed E-state index contributed by atoms with van der Waals surface area (Å²) in [6.45, 7) is 7.74. The third-order valence-electron chi connectivity index (χ3n) is 13.0. The van der Waals surface area contributed by atoms with E-state index in [9.17, 15) is 35.4 Å². The summed E-state index contributed by atoms with van der Waals surface area (Å²) in [5.41, 5.74) is 6.09. The van der Waals surface area contributed by atoms with Gasteiger partial charge in [0.05, 0.1) is 23.7 Å². The third-order valence-corrected chi connectivity index (χ3v) is 13.0. The van der Waals surface area contributed by atoms with Gasteiger partial charge in [-0.3, -0.25) is 4.79 Å². The van der Waals surface area contributed by atoms with Crippen molar-refractivity contribution in [2.75, 3.05) is 0 Å². The second-order valence-corrected chi connectivity index (χ2v) is 15.7. The average molecular weight is 661 g/mol. The van der Waals surface area contributed by atoms with Gasteiger partial charge in [0.25, 0.3) is 0 Å². The van der Waals surface area contributed by atoms with Crippen LogP contribution in [0.15, 0.2) is 59.1 Å². The molecular formula is C40H52O8. The zero-order valence-electron chi connectivity index (χ0n) is 27.7. The van der Waals surface area contributed by atoms with Crippen molar-refractivity contribution in [3.8, 4) is 11.5 Å². The standard InChI is InChI=1S/C20H24O5.C19H24O3.CH4/c1-10(21)25-19-17(24)9-15-18-14(5-6-20(15,19)2)13-4-3-12(22)7-11(13)8-16(18)23;1-10-7-15-17-14(5-6-19(15,2)18(10)22)13-4-3-12(20)8-11(13)9-16(17)21;/h3-4,7,14-15,17,19,22-24H,5-6,8-9H2,1-2H3;3-4,8,10,14-15,18,20-22H,5-7,9H2,1-2H3;1H4/t14?,15?,17-,19+,20+;10-,14?,15?,18+,19+;/m11./s1. The molecule has 4 fully saturated rings. The van der Waals surface area contributed by atoms with Crippen LogP contribution in [0.5, 0.6) is 11.5 Å². The number of allylic oxidation sites excluding steroid dienone is 4. The van der Waals surface area contributed by atoms with Crippen LogP contribution < -0.4 is 0 Å². The van der Waals surface area contributed by atoms with Gasteiger partial charge in [-0.05, 0) is 114 Å². The molecule has 48 heavy (non-hydrogen) atoms. The maximum absolute atomic E-state index is 11.5. The highest BCUT2D eigenvalue weighted by Crippen LogP contribution is 2.62. The first-order chi connectivity index (χ1) is 22.2. The molecule has 4 saturated carbocycles. The Bertz CT molecular complexity index is 1670. The quantitative estimate of drug-likeness (QED) is 0.175. The number of rotatable bonds is 1. The highest BCUT2D eigenvalue weighted by Gasteiger charge is 2.59. The predicted molar refractivity (Wildman–Crippen MR) is 183 cm³/mol. The van der Waals surface area contributed by atoms with Crippen molar-refractivity contribution in [2.45, 2.75) is 117 Å². The second-order valence-electron chi connectivity index (χ2n) is 15.7. The van der Waals surface area contributed by atoms with Crippen molar-refractivity contribution in [3.63, 3.8) is 0 Å². The number of benzene rings is 2. The molecule has 0 spiro atoms. The van der Waals surface area contributed by atoms with Gasteiger partial charge in [-0.2, -0.15) is 0 Å². The number of fused-ring (bicyclic) bond motifs is 10. The summed E-state index contributed by atoms with van der Waals surface area (Å²) in [6, 6.07) is 10.9. The van der Waals surface area contributed by atoms with Gasteiger partial charge >= 0.3 is 5.97 Å². The summed E-state index contributed by atoms with van der Waals surface area (Å²) < 4.78 is 5.47. The van der Waals surface area contributed by atoms with Crippen molar-refractivity contribution in [2.24, 2.45) is 28.6 Å². The van der Waals surface area contributed by atoms with Gasteiger partial charge in [-0.15, -0.1) is 0 Å². The number of esters is 1. The normalized spacial score (nSPS) is 37.4. The summed E-state index contributed by atoms with van der Waals surface area (Å²) in [5.74, 6) is 1.82. The fourth-order valence-electron chi connectivity index (χ4n) is 10.8. The number of ether oxygens (including phenoxy) is 1. The van der Waals surface area contributed by atoms with E-state index in [0.717, 1.165) is 59.9 Å². The topological polar surface area (TPSA) is 148 Å². The highest BCUT2D eigenvalue weighted by molar-refractivity contribution is 5.66. The van der Waals surface area contributed by atoms with Crippen LogP contribution in [0.3, 0.4) is 0 Å². The molecule has 6 N–H and O–H groups in total. The monoisotopic (exact) mass is 660 g/mol. The number of hydrogen-bond donors (Lipinski definition) is 6. The van der Waals surface area contributed by atoms with Crippen LogP contribution in [-0.2, 0) is 22.4 Å². The number of aliphatic hydroxyl groups excluding tert-OH is 4. The molecule has 4 unspecified atom stereocenters. The summed E-state index contributed by atoms with van der Waals surface area (Å²) in [5, 5.41) is 62.0. The molecule has 6 aliphatic carbocycles. The van der Waals surface area contributed by atoms with E-state index in [2.05, 4.69) is 20.8 Å². The van der Waals surface area contributed by atoms with Crippen LogP contribution in [0, 0.1) is 28.6 Å². The van der Waals surface area contributed by atoms with Crippen LogP contribution in [0.25, 0.3) is 0 Å². The molecular weight excluding hydrogens is 608 g/mol. The van der Waals surface area contributed by atoms with Crippen LogP contribution in [0.4, 0.5) is 0 Å². The Balaban J connectivity index is 0.000000165. The number of phenolic OH excluding ortho intramolecular Hbond substituents is 2. The van der Waals surface area contributed by atoms with Crippen molar-refractivity contribution in [1.82, 2.24) is 0 Å².